The van der Waals surface area contributed by atoms with Crippen molar-refractivity contribution < 1.29 is 4.84 Å². The summed E-state index contributed by atoms with van der Waals surface area (Å²) in [4.78, 5) is 18.4. The van der Waals surface area contributed by atoms with Crippen molar-refractivity contribution in [1.29, 1.82) is 0 Å². The second-order valence-electron chi connectivity index (χ2n) is 8.12. The zero-order valence-electron chi connectivity index (χ0n) is 19.0. The standard InChI is InChI=1S/C25H31N7O/c1-19-23(24(26)30-25(27)29-19)32-15-13-31(14-16-32)22-11-9-21(10-12-22)18-28-33-17-5-8-20-6-3-2-4-7-20/h2-4,6-7,9-12,18H,5,8,13-17H2,1H3,(H4,26,27,29,30). The van der Waals surface area contributed by atoms with E-state index in [0.717, 1.165) is 56.0 Å². The number of aromatic nitrogens is 2. The first-order valence-corrected chi connectivity index (χ1v) is 11.3. The highest BCUT2D eigenvalue weighted by Crippen LogP contribution is 2.27. The summed E-state index contributed by atoms with van der Waals surface area (Å²) in [6, 6.07) is 18.8. The number of hydrogen-bond donors (Lipinski definition) is 2. The van der Waals surface area contributed by atoms with Gasteiger partial charge < -0.3 is 26.1 Å². The third-order valence-corrected chi connectivity index (χ3v) is 5.78. The van der Waals surface area contributed by atoms with Crippen LogP contribution in [0.3, 0.4) is 0 Å². The summed E-state index contributed by atoms with van der Waals surface area (Å²) in [7, 11) is 0. The number of hydrogen-bond acceptors (Lipinski definition) is 8. The first-order valence-electron chi connectivity index (χ1n) is 11.3. The fraction of sp³-hybridized carbons (Fsp3) is 0.320. The summed E-state index contributed by atoms with van der Waals surface area (Å²) in [6.07, 6.45) is 3.70. The molecule has 0 radical (unpaired) electrons. The number of nitrogens with two attached hydrogens (primary N) is 2. The highest BCUT2D eigenvalue weighted by molar-refractivity contribution is 5.80. The Labute approximate surface area is 194 Å². The molecule has 172 valence electrons. The normalized spacial score (nSPS) is 14.1. The van der Waals surface area contributed by atoms with Gasteiger partial charge in [0.25, 0.3) is 0 Å². The van der Waals surface area contributed by atoms with Crippen LogP contribution in [0.2, 0.25) is 0 Å². The van der Waals surface area contributed by atoms with E-state index in [-0.39, 0.29) is 5.95 Å². The topological polar surface area (TPSA) is 106 Å². The summed E-state index contributed by atoms with van der Waals surface area (Å²) in [5, 5.41) is 4.10. The Morgan fingerprint density at radius 2 is 1.64 bits per heavy atom. The maximum Gasteiger partial charge on any atom is 0.222 e. The van der Waals surface area contributed by atoms with Crippen LogP contribution in [-0.4, -0.2) is 49.0 Å². The number of aryl methyl sites for hydroxylation is 2. The van der Waals surface area contributed by atoms with E-state index in [2.05, 4.69) is 73.5 Å². The summed E-state index contributed by atoms with van der Waals surface area (Å²) in [6.45, 7) is 6.00. The van der Waals surface area contributed by atoms with Crippen LogP contribution < -0.4 is 21.3 Å². The Morgan fingerprint density at radius 3 is 2.33 bits per heavy atom. The number of nitrogen functional groups attached to an aromatic ring is 2. The van der Waals surface area contributed by atoms with Crippen molar-refractivity contribution >= 4 is 29.4 Å². The predicted molar refractivity (Wildman–Crippen MR) is 135 cm³/mol. The molecule has 4 N–H and O–H groups in total. The summed E-state index contributed by atoms with van der Waals surface area (Å²) >= 11 is 0. The average molecular weight is 446 g/mol. The summed E-state index contributed by atoms with van der Waals surface area (Å²) in [5.41, 5.74) is 17.0. The van der Waals surface area contributed by atoms with Crippen molar-refractivity contribution in [3.63, 3.8) is 0 Å². The lowest BCUT2D eigenvalue weighted by Crippen LogP contribution is -2.47. The molecule has 8 nitrogen and oxygen atoms in total. The molecule has 4 rings (SSSR count). The molecule has 1 aromatic heterocycles. The minimum Gasteiger partial charge on any atom is -0.396 e. The smallest absolute Gasteiger partial charge is 0.222 e. The first kappa shape index (κ1) is 22.4. The van der Waals surface area contributed by atoms with E-state index in [1.54, 1.807) is 6.21 Å². The molecule has 3 aromatic rings. The van der Waals surface area contributed by atoms with Crippen molar-refractivity contribution in [3.8, 4) is 0 Å². The van der Waals surface area contributed by atoms with E-state index < -0.39 is 0 Å². The van der Waals surface area contributed by atoms with E-state index in [0.29, 0.717) is 12.4 Å². The largest absolute Gasteiger partial charge is 0.396 e. The molecule has 0 bridgehead atoms. The van der Waals surface area contributed by atoms with Crippen LogP contribution in [0.4, 0.5) is 23.1 Å². The number of piperazine rings is 1. The lowest BCUT2D eigenvalue weighted by Gasteiger charge is -2.38. The second kappa shape index (κ2) is 10.7. The van der Waals surface area contributed by atoms with Gasteiger partial charge in [0.2, 0.25) is 5.95 Å². The Balaban J connectivity index is 1.23. The van der Waals surface area contributed by atoms with Gasteiger partial charge in [-0.2, -0.15) is 4.98 Å². The molecule has 2 heterocycles. The van der Waals surface area contributed by atoms with Gasteiger partial charge in [-0.25, -0.2) is 4.98 Å². The molecule has 0 saturated carbocycles. The third-order valence-electron chi connectivity index (χ3n) is 5.78. The molecule has 0 atom stereocenters. The zero-order valence-corrected chi connectivity index (χ0v) is 19.0. The van der Waals surface area contributed by atoms with E-state index in [4.69, 9.17) is 16.3 Å². The van der Waals surface area contributed by atoms with Gasteiger partial charge >= 0.3 is 0 Å². The minimum atomic E-state index is 0.216. The number of benzene rings is 2. The average Bonchev–Trinajstić information content (AvgIpc) is 2.82. The van der Waals surface area contributed by atoms with Gasteiger partial charge in [-0.1, -0.05) is 47.6 Å². The fourth-order valence-electron chi connectivity index (χ4n) is 4.10. The second-order valence-corrected chi connectivity index (χ2v) is 8.12. The maximum absolute atomic E-state index is 6.10. The van der Waals surface area contributed by atoms with Crippen molar-refractivity contribution in [3.05, 3.63) is 71.4 Å². The molecular weight excluding hydrogens is 414 g/mol. The molecule has 1 fully saturated rings. The van der Waals surface area contributed by atoms with Crippen LogP contribution in [0.5, 0.6) is 0 Å². The van der Waals surface area contributed by atoms with E-state index >= 15 is 0 Å². The summed E-state index contributed by atoms with van der Waals surface area (Å²) in [5.74, 6) is 0.660. The Bertz CT molecular complexity index is 1040. The van der Waals surface area contributed by atoms with Gasteiger partial charge in [-0.3, -0.25) is 0 Å². The number of rotatable bonds is 8. The maximum atomic E-state index is 6.10. The van der Waals surface area contributed by atoms with Gasteiger partial charge in [-0.05, 0) is 43.0 Å². The third kappa shape index (κ3) is 5.91. The number of oxime groups is 1. The van der Waals surface area contributed by atoms with Crippen molar-refractivity contribution in [2.45, 2.75) is 19.8 Å². The Morgan fingerprint density at radius 1 is 0.939 bits per heavy atom. The van der Waals surface area contributed by atoms with E-state index in [9.17, 15) is 0 Å². The van der Waals surface area contributed by atoms with Crippen molar-refractivity contribution in [2.75, 3.05) is 54.1 Å². The lowest BCUT2D eigenvalue weighted by molar-refractivity contribution is 0.143. The molecule has 8 heteroatoms. The molecule has 2 aromatic carbocycles. The first-order chi connectivity index (χ1) is 16.1. The predicted octanol–water partition coefficient (Wildman–Crippen LogP) is 3.26. The van der Waals surface area contributed by atoms with Gasteiger partial charge in [0.05, 0.1) is 11.9 Å². The van der Waals surface area contributed by atoms with Crippen LogP contribution in [-0.2, 0) is 11.3 Å². The van der Waals surface area contributed by atoms with Gasteiger partial charge in [0.15, 0.2) is 5.82 Å². The van der Waals surface area contributed by atoms with Crippen molar-refractivity contribution in [1.82, 2.24) is 9.97 Å². The zero-order chi connectivity index (χ0) is 23.0. The molecule has 0 unspecified atom stereocenters. The molecule has 0 amide bonds. The van der Waals surface area contributed by atoms with E-state index in [1.165, 1.54) is 11.3 Å². The SMILES string of the molecule is Cc1nc(N)nc(N)c1N1CCN(c2ccc(C=NOCCCc3ccccc3)cc2)CC1. The number of anilines is 4. The monoisotopic (exact) mass is 445 g/mol. The van der Waals surface area contributed by atoms with Crippen LogP contribution in [0.15, 0.2) is 59.8 Å². The summed E-state index contributed by atoms with van der Waals surface area (Å²) < 4.78 is 0. The fourth-order valence-corrected chi connectivity index (χ4v) is 4.10. The van der Waals surface area contributed by atoms with Crippen LogP contribution in [0.25, 0.3) is 0 Å². The number of nitrogens with zero attached hydrogens (tertiary/aromatic N) is 5. The Hall–Kier alpha value is -3.81. The molecule has 0 aliphatic carbocycles. The van der Waals surface area contributed by atoms with Crippen LogP contribution >= 0.6 is 0 Å². The van der Waals surface area contributed by atoms with Crippen LogP contribution in [0.1, 0.15) is 23.2 Å². The van der Waals surface area contributed by atoms with Crippen LogP contribution in [0, 0.1) is 6.92 Å². The molecule has 1 saturated heterocycles. The van der Waals surface area contributed by atoms with Gasteiger partial charge in [-0.15, -0.1) is 0 Å². The molecule has 33 heavy (non-hydrogen) atoms. The minimum absolute atomic E-state index is 0.216. The van der Waals surface area contributed by atoms with E-state index in [1.807, 2.05) is 13.0 Å². The molecular formula is C25H31N7O. The quantitative estimate of drug-likeness (QED) is 0.311. The molecule has 1 aliphatic rings. The highest BCUT2D eigenvalue weighted by atomic mass is 16.6. The molecule has 1 aliphatic heterocycles. The lowest BCUT2D eigenvalue weighted by atomic mass is 10.1. The molecule has 0 spiro atoms. The van der Waals surface area contributed by atoms with Gasteiger partial charge in [0.1, 0.15) is 12.3 Å². The Kier molecular flexibility index (Phi) is 7.24. The highest BCUT2D eigenvalue weighted by Gasteiger charge is 2.22. The van der Waals surface area contributed by atoms with Gasteiger partial charge in [0, 0.05) is 31.9 Å². The van der Waals surface area contributed by atoms with Crippen molar-refractivity contribution in [2.24, 2.45) is 5.16 Å².